The van der Waals surface area contributed by atoms with E-state index >= 15 is 0 Å². The second-order valence-electron chi connectivity index (χ2n) is 5.87. The molecule has 0 aromatic heterocycles. The quantitative estimate of drug-likeness (QED) is 0.775. The van der Waals surface area contributed by atoms with Gasteiger partial charge in [-0.25, -0.2) is 0 Å². The molecule has 3 rings (SSSR count). The molecule has 6 heteroatoms. The number of carbonyl (C=O) groups is 3. The summed E-state index contributed by atoms with van der Waals surface area (Å²) in [6.07, 6.45) is 1.18. The van der Waals surface area contributed by atoms with Gasteiger partial charge in [-0.3, -0.25) is 14.4 Å². The molecule has 2 aromatic rings. The van der Waals surface area contributed by atoms with Gasteiger partial charge in [0.05, 0.1) is 6.54 Å². The van der Waals surface area contributed by atoms with E-state index in [2.05, 4.69) is 16.0 Å². The molecule has 0 bridgehead atoms. The van der Waals surface area contributed by atoms with Crippen molar-refractivity contribution in [1.29, 1.82) is 0 Å². The minimum atomic E-state index is -0.278. The minimum Gasteiger partial charge on any atom is -0.350 e. The molecule has 1 heterocycles. The Hall–Kier alpha value is -3.15. The first-order chi connectivity index (χ1) is 12.1. The fourth-order valence-electron chi connectivity index (χ4n) is 2.66. The van der Waals surface area contributed by atoms with E-state index in [0.717, 1.165) is 16.8 Å². The molecule has 25 heavy (non-hydrogen) atoms. The van der Waals surface area contributed by atoms with Crippen LogP contribution < -0.4 is 16.0 Å². The highest BCUT2D eigenvalue weighted by Gasteiger charge is 2.15. The van der Waals surface area contributed by atoms with Gasteiger partial charge in [-0.2, -0.15) is 0 Å². The average Bonchev–Trinajstić information content (AvgIpc) is 2.65. The molecule has 6 nitrogen and oxygen atoms in total. The molecule has 3 amide bonds. The van der Waals surface area contributed by atoms with Crippen molar-refractivity contribution in [2.45, 2.75) is 19.4 Å². The highest BCUT2D eigenvalue weighted by atomic mass is 16.2. The van der Waals surface area contributed by atoms with Crippen LogP contribution in [-0.4, -0.2) is 24.3 Å². The molecule has 2 aromatic carbocycles. The van der Waals surface area contributed by atoms with E-state index in [9.17, 15) is 14.4 Å². The summed E-state index contributed by atoms with van der Waals surface area (Å²) >= 11 is 0. The van der Waals surface area contributed by atoms with Crippen molar-refractivity contribution in [2.75, 3.05) is 11.9 Å². The molecule has 0 saturated heterocycles. The lowest BCUT2D eigenvalue weighted by molar-refractivity contribution is -0.120. The summed E-state index contributed by atoms with van der Waals surface area (Å²) in [5, 5.41) is 8.20. The van der Waals surface area contributed by atoms with Crippen LogP contribution in [-0.2, 0) is 22.6 Å². The van der Waals surface area contributed by atoms with Crippen LogP contribution in [0.3, 0.4) is 0 Å². The molecule has 0 radical (unpaired) electrons. The summed E-state index contributed by atoms with van der Waals surface area (Å²) in [7, 11) is 0. The SMILES string of the molecule is O=C(CNC(=O)c1ccccc1)NCc1ccc2c(c1)CCC(=O)N2. The van der Waals surface area contributed by atoms with E-state index in [0.29, 0.717) is 24.9 Å². The lowest BCUT2D eigenvalue weighted by Gasteiger charge is -2.17. The van der Waals surface area contributed by atoms with E-state index in [1.807, 2.05) is 24.3 Å². The molecular formula is C19H19N3O3. The standard InChI is InChI=1S/C19H19N3O3/c23-17-9-7-15-10-13(6-8-16(15)22-17)11-20-18(24)12-21-19(25)14-4-2-1-3-5-14/h1-6,8,10H,7,9,11-12H2,(H,20,24)(H,21,25)(H,22,23). The van der Waals surface area contributed by atoms with Gasteiger partial charge in [-0.1, -0.05) is 30.3 Å². The first-order valence-corrected chi connectivity index (χ1v) is 8.13. The van der Waals surface area contributed by atoms with Gasteiger partial charge in [0.1, 0.15) is 0 Å². The molecule has 0 spiro atoms. The molecule has 0 aliphatic carbocycles. The second-order valence-corrected chi connectivity index (χ2v) is 5.87. The highest BCUT2D eigenvalue weighted by Crippen LogP contribution is 2.23. The van der Waals surface area contributed by atoms with E-state index < -0.39 is 0 Å². The Morgan fingerprint density at radius 1 is 1.00 bits per heavy atom. The molecular weight excluding hydrogens is 318 g/mol. The van der Waals surface area contributed by atoms with Crippen molar-refractivity contribution in [3.05, 3.63) is 65.2 Å². The van der Waals surface area contributed by atoms with Gasteiger partial charge in [-0.15, -0.1) is 0 Å². The first kappa shape index (κ1) is 16.7. The zero-order valence-electron chi connectivity index (χ0n) is 13.7. The van der Waals surface area contributed by atoms with Crippen LogP contribution in [0.2, 0.25) is 0 Å². The molecule has 0 saturated carbocycles. The number of hydrogen-bond donors (Lipinski definition) is 3. The van der Waals surface area contributed by atoms with E-state index in [1.165, 1.54) is 0 Å². The fourth-order valence-corrected chi connectivity index (χ4v) is 2.66. The summed E-state index contributed by atoms with van der Waals surface area (Å²) in [6, 6.07) is 14.5. The highest BCUT2D eigenvalue weighted by molar-refractivity contribution is 5.96. The van der Waals surface area contributed by atoms with Crippen LogP contribution >= 0.6 is 0 Å². The van der Waals surface area contributed by atoms with Crippen molar-refractivity contribution in [1.82, 2.24) is 10.6 Å². The van der Waals surface area contributed by atoms with Crippen molar-refractivity contribution in [2.24, 2.45) is 0 Å². The summed E-state index contributed by atoms with van der Waals surface area (Å²) < 4.78 is 0. The molecule has 0 fully saturated rings. The molecule has 128 valence electrons. The monoisotopic (exact) mass is 337 g/mol. The minimum absolute atomic E-state index is 0.0303. The van der Waals surface area contributed by atoms with Gasteiger partial charge in [0.2, 0.25) is 11.8 Å². The van der Waals surface area contributed by atoms with Crippen LogP contribution in [0, 0.1) is 0 Å². The maximum atomic E-state index is 11.9. The summed E-state index contributed by atoms with van der Waals surface area (Å²) in [6.45, 7) is 0.302. The summed E-state index contributed by atoms with van der Waals surface area (Å²) in [5.41, 5.74) is 3.38. The largest absolute Gasteiger partial charge is 0.350 e. The third-order valence-electron chi connectivity index (χ3n) is 4.00. The number of hydrogen-bond acceptors (Lipinski definition) is 3. The van der Waals surface area contributed by atoms with Crippen LogP contribution in [0.5, 0.6) is 0 Å². The van der Waals surface area contributed by atoms with Gasteiger partial charge in [0.15, 0.2) is 0 Å². The summed E-state index contributed by atoms with van der Waals surface area (Å²) in [4.78, 5) is 35.1. The van der Waals surface area contributed by atoms with Crippen molar-refractivity contribution in [3.63, 3.8) is 0 Å². The normalized spacial score (nSPS) is 12.7. The third kappa shape index (κ3) is 4.44. The van der Waals surface area contributed by atoms with Gasteiger partial charge in [0, 0.05) is 24.2 Å². The van der Waals surface area contributed by atoms with Gasteiger partial charge in [-0.05, 0) is 35.7 Å². The van der Waals surface area contributed by atoms with E-state index in [1.54, 1.807) is 24.3 Å². The predicted octanol–water partition coefficient (Wildman–Crippen LogP) is 1.62. The molecule has 0 unspecified atom stereocenters. The number of fused-ring (bicyclic) bond motifs is 1. The Bertz CT molecular complexity index is 803. The predicted molar refractivity (Wildman–Crippen MR) is 94.0 cm³/mol. The molecule has 0 atom stereocenters. The first-order valence-electron chi connectivity index (χ1n) is 8.13. The number of benzene rings is 2. The zero-order valence-corrected chi connectivity index (χ0v) is 13.7. The van der Waals surface area contributed by atoms with Gasteiger partial charge < -0.3 is 16.0 Å². The Labute approximate surface area is 145 Å². The maximum Gasteiger partial charge on any atom is 0.251 e. The van der Waals surface area contributed by atoms with Crippen LogP contribution in [0.4, 0.5) is 5.69 Å². The lowest BCUT2D eigenvalue weighted by Crippen LogP contribution is -2.36. The number of anilines is 1. The summed E-state index contributed by atoms with van der Waals surface area (Å²) in [5.74, 6) is -0.502. The van der Waals surface area contributed by atoms with Crippen molar-refractivity contribution >= 4 is 23.4 Å². The maximum absolute atomic E-state index is 11.9. The van der Waals surface area contributed by atoms with Gasteiger partial charge in [0.25, 0.3) is 5.91 Å². The van der Waals surface area contributed by atoms with E-state index in [4.69, 9.17) is 0 Å². The van der Waals surface area contributed by atoms with Crippen LogP contribution in [0.25, 0.3) is 0 Å². The number of rotatable bonds is 5. The van der Waals surface area contributed by atoms with Gasteiger partial charge >= 0.3 is 0 Å². The average molecular weight is 337 g/mol. The van der Waals surface area contributed by atoms with Crippen LogP contribution in [0.1, 0.15) is 27.9 Å². The number of carbonyl (C=O) groups excluding carboxylic acids is 3. The Morgan fingerprint density at radius 3 is 2.60 bits per heavy atom. The fraction of sp³-hybridized carbons (Fsp3) is 0.211. The Kier molecular flexibility index (Phi) is 5.09. The Balaban J connectivity index is 1.48. The number of aryl methyl sites for hydroxylation is 1. The molecule has 1 aliphatic heterocycles. The lowest BCUT2D eigenvalue weighted by atomic mass is 10.0. The van der Waals surface area contributed by atoms with Crippen molar-refractivity contribution < 1.29 is 14.4 Å². The van der Waals surface area contributed by atoms with Crippen LogP contribution in [0.15, 0.2) is 48.5 Å². The van der Waals surface area contributed by atoms with E-state index in [-0.39, 0.29) is 24.3 Å². The molecule has 3 N–H and O–H groups in total. The zero-order chi connectivity index (χ0) is 17.6. The smallest absolute Gasteiger partial charge is 0.251 e. The molecule has 1 aliphatic rings. The topological polar surface area (TPSA) is 87.3 Å². The Morgan fingerprint density at radius 2 is 1.80 bits per heavy atom. The van der Waals surface area contributed by atoms with Crippen molar-refractivity contribution in [3.8, 4) is 0 Å². The third-order valence-corrected chi connectivity index (χ3v) is 4.00. The second kappa shape index (κ2) is 7.61. The number of nitrogens with one attached hydrogen (secondary N) is 3. The number of amides is 3.